The van der Waals surface area contributed by atoms with Gasteiger partial charge in [-0.2, -0.15) is 0 Å². The lowest BCUT2D eigenvalue weighted by Crippen LogP contribution is -2.54. The molecule has 0 aliphatic heterocycles. The Labute approximate surface area is 161 Å². The number of amides is 1. The predicted molar refractivity (Wildman–Crippen MR) is 109 cm³/mol. The summed E-state index contributed by atoms with van der Waals surface area (Å²) in [6, 6.07) is 13.5. The lowest BCUT2D eigenvalue weighted by Gasteiger charge is -2.30. The zero-order valence-electron chi connectivity index (χ0n) is 16.5. The molecule has 0 spiro atoms. The molecule has 0 aliphatic rings. The maximum atomic E-state index is 12.5. The molecule has 0 bridgehead atoms. The zero-order valence-corrected chi connectivity index (χ0v) is 16.5. The van der Waals surface area contributed by atoms with Gasteiger partial charge in [-0.1, -0.05) is 51.1 Å². The predicted octanol–water partition coefficient (Wildman–Crippen LogP) is 2.30. The number of aromatic nitrogens is 1. The minimum atomic E-state index is -0.579. The molecule has 0 saturated heterocycles. The van der Waals surface area contributed by atoms with Gasteiger partial charge in [0.15, 0.2) is 0 Å². The Morgan fingerprint density at radius 2 is 1.89 bits per heavy atom. The number of carbonyl (C=O) groups is 1. The van der Waals surface area contributed by atoms with E-state index in [-0.39, 0.29) is 11.3 Å². The van der Waals surface area contributed by atoms with E-state index in [4.69, 9.17) is 11.5 Å². The summed E-state index contributed by atoms with van der Waals surface area (Å²) in [6.45, 7) is 7.69. The van der Waals surface area contributed by atoms with Crippen molar-refractivity contribution in [2.75, 3.05) is 13.1 Å². The SMILES string of the molecule is CC(C)(C)[C@@H](N)C(=O)NN(CCCN)Cc1ccc(-c2ccccn2)cc1. The van der Waals surface area contributed by atoms with E-state index in [1.54, 1.807) is 6.20 Å². The van der Waals surface area contributed by atoms with Crippen molar-refractivity contribution in [2.45, 2.75) is 39.8 Å². The number of hydrogen-bond acceptors (Lipinski definition) is 5. The minimum Gasteiger partial charge on any atom is -0.330 e. The Morgan fingerprint density at radius 1 is 1.19 bits per heavy atom. The van der Waals surface area contributed by atoms with E-state index in [2.05, 4.69) is 22.5 Å². The van der Waals surface area contributed by atoms with Crippen molar-refractivity contribution < 1.29 is 4.79 Å². The molecule has 1 aromatic carbocycles. The first kappa shape index (κ1) is 21.0. The smallest absolute Gasteiger partial charge is 0.251 e. The fourth-order valence-electron chi connectivity index (χ4n) is 2.61. The first-order chi connectivity index (χ1) is 12.8. The van der Waals surface area contributed by atoms with Crippen LogP contribution in [-0.4, -0.2) is 35.0 Å². The molecule has 1 atom stereocenters. The molecule has 0 fully saturated rings. The van der Waals surface area contributed by atoms with Crippen LogP contribution in [0, 0.1) is 5.41 Å². The highest BCUT2D eigenvalue weighted by molar-refractivity contribution is 5.81. The van der Waals surface area contributed by atoms with Gasteiger partial charge in [0.1, 0.15) is 0 Å². The second-order valence-electron chi connectivity index (χ2n) is 7.80. The zero-order chi connectivity index (χ0) is 19.9. The van der Waals surface area contributed by atoms with E-state index in [0.717, 1.165) is 23.2 Å². The molecule has 5 N–H and O–H groups in total. The highest BCUT2D eigenvalue weighted by atomic mass is 16.2. The third-order valence-corrected chi connectivity index (χ3v) is 4.40. The topological polar surface area (TPSA) is 97.3 Å². The molecule has 27 heavy (non-hydrogen) atoms. The van der Waals surface area contributed by atoms with Gasteiger partial charge in [-0.3, -0.25) is 15.2 Å². The second-order valence-corrected chi connectivity index (χ2v) is 7.80. The van der Waals surface area contributed by atoms with Crippen molar-refractivity contribution in [2.24, 2.45) is 16.9 Å². The molecule has 6 heteroatoms. The summed E-state index contributed by atoms with van der Waals surface area (Å²) in [7, 11) is 0. The Morgan fingerprint density at radius 3 is 2.44 bits per heavy atom. The molecule has 0 unspecified atom stereocenters. The van der Waals surface area contributed by atoms with Gasteiger partial charge in [0, 0.05) is 24.8 Å². The number of pyridine rings is 1. The number of nitrogens with one attached hydrogen (secondary N) is 1. The van der Waals surface area contributed by atoms with Crippen LogP contribution >= 0.6 is 0 Å². The fraction of sp³-hybridized carbons (Fsp3) is 0.429. The van der Waals surface area contributed by atoms with Gasteiger partial charge in [0.2, 0.25) is 0 Å². The van der Waals surface area contributed by atoms with Gasteiger partial charge < -0.3 is 11.5 Å². The highest BCUT2D eigenvalue weighted by Crippen LogP contribution is 2.19. The largest absolute Gasteiger partial charge is 0.330 e. The van der Waals surface area contributed by atoms with Crippen LogP contribution in [-0.2, 0) is 11.3 Å². The Kier molecular flexibility index (Phi) is 7.47. The Bertz CT molecular complexity index is 710. The molecule has 1 aromatic heterocycles. The third kappa shape index (κ3) is 6.43. The number of carbonyl (C=O) groups excluding carboxylic acids is 1. The van der Waals surface area contributed by atoms with Crippen LogP contribution < -0.4 is 16.9 Å². The standard InChI is InChI=1S/C21H31N5O/c1-21(2,3)19(23)20(27)25-26(14-6-12-22)15-16-8-10-17(11-9-16)18-7-4-5-13-24-18/h4-5,7-11,13,19H,6,12,14-15,22-23H2,1-3H3,(H,25,27)/t19-/m0/s1. The van der Waals surface area contributed by atoms with Crippen molar-refractivity contribution in [1.82, 2.24) is 15.4 Å². The first-order valence-corrected chi connectivity index (χ1v) is 9.32. The molecule has 2 aromatic rings. The van der Waals surface area contributed by atoms with E-state index in [0.29, 0.717) is 19.6 Å². The molecular formula is C21H31N5O. The molecule has 0 saturated carbocycles. The fourth-order valence-corrected chi connectivity index (χ4v) is 2.61. The maximum absolute atomic E-state index is 12.5. The van der Waals surface area contributed by atoms with Crippen molar-refractivity contribution in [3.8, 4) is 11.3 Å². The molecule has 0 radical (unpaired) electrons. The average molecular weight is 370 g/mol. The second kappa shape index (κ2) is 9.60. The van der Waals surface area contributed by atoms with Gasteiger partial charge in [-0.05, 0) is 36.1 Å². The van der Waals surface area contributed by atoms with Crippen molar-refractivity contribution in [3.05, 3.63) is 54.2 Å². The number of nitrogens with zero attached hydrogens (tertiary/aromatic N) is 2. The number of hydrogen-bond donors (Lipinski definition) is 3. The Balaban J connectivity index is 2.05. The van der Waals surface area contributed by atoms with Crippen LogP contribution in [0.25, 0.3) is 11.3 Å². The summed E-state index contributed by atoms with van der Waals surface area (Å²) in [6.07, 6.45) is 2.57. The van der Waals surface area contributed by atoms with Crippen LogP contribution in [0.3, 0.4) is 0 Å². The summed E-state index contributed by atoms with van der Waals surface area (Å²) in [5.74, 6) is -0.176. The number of benzene rings is 1. The molecule has 6 nitrogen and oxygen atoms in total. The monoisotopic (exact) mass is 369 g/mol. The van der Waals surface area contributed by atoms with Crippen molar-refractivity contribution in [1.29, 1.82) is 0 Å². The summed E-state index contributed by atoms with van der Waals surface area (Å²) >= 11 is 0. The van der Waals surface area contributed by atoms with E-state index >= 15 is 0 Å². The molecule has 0 aliphatic carbocycles. The van der Waals surface area contributed by atoms with E-state index < -0.39 is 6.04 Å². The third-order valence-electron chi connectivity index (χ3n) is 4.40. The highest BCUT2D eigenvalue weighted by Gasteiger charge is 2.28. The number of rotatable bonds is 8. The number of nitrogens with two attached hydrogens (primary N) is 2. The van der Waals surface area contributed by atoms with E-state index in [9.17, 15) is 4.79 Å². The summed E-state index contributed by atoms with van der Waals surface area (Å²) in [5.41, 5.74) is 17.5. The van der Waals surface area contributed by atoms with Crippen LogP contribution in [0.15, 0.2) is 48.7 Å². The van der Waals surface area contributed by atoms with Gasteiger partial charge >= 0.3 is 0 Å². The van der Waals surface area contributed by atoms with E-state index in [1.165, 1.54) is 0 Å². The maximum Gasteiger partial charge on any atom is 0.251 e. The molecule has 1 heterocycles. The van der Waals surface area contributed by atoms with Crippen LogP contribution in [0.4, 0.5) is 0 Å². The lowest BCUT2D eigenvalue weighted by atomic mass is 9.87. The molecule has 1 amide bonds. The number of hydrazine groups is 1. The average Bonchev–Trinajstić information content (AvgIpc) is 2.66. The molecular weight excluding hydrogens is 338 g/mol. The normalized spacial score (nSPS) is 12.8. The van der Waals surface area contributed by atoms with Crippen LogP contribution in [0.2, 0.25) is 0 Å². The lowest BCUT2D eigenvalue weighted by molar-refractivity contribution is -0.129. The van der Waals surface area contributed by atoms with Gasteiger partial charge in [-0.15, -0.1) is 0 Å². The van der Waals surface area contributed by atoms with Gasteiger partial charge in [-0.25, -0.2) is 5.01 Å². The quantitative estimate of drug-likeness (QED) is 0.620. The Hall–Kier alpha value is -2.28. The molecule has 2 rings (SSSR count). The first-order valence-electron chi connectivity index (χ1n) is 9.32. The van der Waals surface area contributed by atoms with Crippen LogP contribution in [0.1, 0.15) is 32.8 Å². The summed E-state index contributed by atoms with van der Waals surface area (Å²) in [5, 5.41) is 1.89. The van der Waals surface area contributed by atoms with E-state index in [1.807, 2.05) is 56.1 Å². The van der Waals surface area contributed by atoms with Gasteiger partial charge in [0.05, 0.1) is 11.7 Å². The van der Waals surface area contributed by atoms with Gasteiger partial charge in [0.25, 0.3) is 5.91 Å². The molecule has 146 valence electrons. The summed E-state index contributed by atoms with van der Waals surface area (Å²) in [4.78, 5) is 16.8. The van der Waals surface area contributed by atoms with Crippen LogP contribution in [0.5, 0.6) is 0 Å². The van der Waals surface area contributed by atoms with Crippen molar-refractivity contribution in [3.63, 3.8) is 0 Å². The minimum absolute atomic E-state index is 0.176. The summed E-state index contributed by atoms with van der Waals surface area (Å²) < 4.78 is 0. The van der Waals surface area contributed by atoms with Crippen molar-refractivity contribution >= 4 is 5.91 Å².